The molecule has 1 amide bonds. The highest BCUT2D eigenvalue weighted by molar-refractivity contribution is 9.10. The molecular weight excluding hydrogens is 320 g/mol. The lowest BCUT2D eigenvalue weighted by molar-refractivity contribution is 0.0730. The predicted molar refractivity (Wildman–Crippen MR) is 79.6 cm³/mol. The first-order chi connectivity index (χ1) is 9.58. The second kappa shape index (κ2) is 5.09. The third kappa shape index (κ3) is 2.18. The number of nitrogens with zero attached hydrogens (tertiary/aromatic N) is 2. The lowest BCUT2D eigenvalue weighted by Gasteiger charge is -2.24. The molecule has 0 aromatic carbocycles. The van der Waals surface area contributed by atoms with E-state index >= 15 is 0 Å². The van der Waals surface area contributed by atoms with Crippen molar-refractivity contribution in [2.45, 2.75) is 32.7 Å². The largest absolute Gasteiger partial charge is 0.356 e. The highest BCUT2D eigenvalue weighted by Gasteiger charge is 2.33. The molecule has 1 atom stereocenters. The standard InChI is InChI=1S/C14H17BrN4O/c1-8-13(9(2)18-17-8)12-4-3-5-19(12)14(20)11-6-10(15)7-16-11/h6-7,12,16H,3-5H2,1-2H3,(H,17,18). The number of rotatable bonds is 2. The molecular formula is C14H17BrN4O. The van der Waals surface area contributed by atoms with Crippen molar-refractivity contribution in [3.05, 3.63) is 39.4 Å². The van der Waals surface area contributed by atoms with E-state index in [-0.39, 0.29) is 11.9 Å². The molecule has 2 aromatic heterocycles. The quantitative estimate of drug-likeness (QED) is 0.884. The number of hydrogen-bond donors (Lipinski definition) is 2. The first kappa shape index (κ1) is 13.4. The number of likely N-dealkylation sites (tertiary alicyclic amines) is 1. The van der Waals surface area contributed by atoms with Crippen LogP contribution >= 0.6 is 15.9 Å². The van der Waals surface area contributed by atoms with Crippen molar-refractivity contribution in [1.29, 1.82) is 0 Å². The van der Waals surface area contributed by atoms with Gasteiger partial charge in [0.05, 0.1) is 11.7 Å². The van der Waals surface area contributed by atoms with Gasteiger partial charge in [0.15, 0.2) is 0 Å². The van der Waals surface area contributed by atoms with Crippen LogP contribution in [0.3, 0.4) is 0 Å². The van der Waals surface area contributed by atoms with Crippen LogP contribution in [-0.2, 0) is 0 Å². The number of carbonyl (C=O) groups excluding carboxylic acids is 1. The molecule has 1 saturated heterocycles. The van der Waals surface area contributed by atoms with Crippen LogP contribution < -0.4 is 0 Å². The van der Waals surface area contributed by atoms with Gasteiger partial charge in [0.2, 0.25) is 0 Å². The van der Waals surface area contributed by atoms with Crippen LogP contribution in [0.4, 0.5) is 0 Å². The normalized spacial score (nSPS) is 18.8. The Hall–Kier alpha value is -1.56. The van der Waals surface area contributed by atoms with Crippen LogP contribution in [0.2, 0.25) is 0 Å². The zero-order valence-electron chi connectivity index (χ0n) is 11.5. The van der Waals surface area contributed by atoms with E-state index in [0.29, 0.717) is 5.69 Å². The lowest BCUT2D eigenvalue weighted by Crippen LogP contribution is -2.31. The summed E-state index contributed by atoms with van der Waals surface area (Å²) in [7, 11) is 0. The molecule has 0 radical (unpaired) electrons. The van der Waals surface area contributed by atoms with Crippen molar-refractivity contribution in [2.75, 3.05) is 6.54 Å². The molecule has 1 unspecified atom stereocenters. The minimum atomic E-state index is 0.0539. The summed E-state index contributed by atoms with van der Waals surface area (Å²) in [6.07, 6.45) is 3.81. The van der Waals surface area contributed by atoms with Gasteiger partial charge in [-0.05, 0) is 48.7 Å². The zero-order valence-corrected chi connectivity index (χ0v) is 13.1. The molecule has 0 saturated carbocycles. The predicted octanol–water partition coefficient (Wildman–Crippen LogP) is 3.09. The van der Waals surface area contributed by atoms with E-state index in [1.807, 2.05) is 24.8 Å². The molecule has 0 aliphatic carbocycles. The maximum atomic E-state index is 12.6. The van der Waals surface area contributed by atoms with Gasteiger partial charge in [-0.3, -0.25) is 9.89 Å². The fourth-order valence-corrected chi connectivity index (χ4v) is 3.35. The van der Waals surface area contributed by atoms with E-state index in [4.69, 9.17) is 0 Å². The topological polar surface area (TPSA) is 64.8 Å². The Morgan fingerprint density at radius 3 is 2.90 bits per heavy atom. The number of aromatic amines is 2. The molecule has 2 aromatic rings. The van der Waals surface area contributed by atoms with Gasteiger partial charge in [-0.15, -0.1) is 0 Å². The van der Waals surface area contributed by atoms with Gasteiger partial charge < -0.3 is 9.88 Å². The van der Waals surface area contributed by atoms with Gasteiger partial charge in [-0.1, -0.05) is 0 Å². The van der Waals surface area contributed by atoms with Crippen LogP contribution in [0.1, 0.15) is 46.3 Å². The van der Waals surface area contributed by atoms with Gasteiger partial charge in [0.25, 0.3) is 5.91 Å². The molecule has 20 heavy (non-hydrogen) atoms. The number of halogens is 1. The second-order valence-corrected chi connectivity index (χ2v) is 6.15. The molecule has 5 nitrogen and oxygen atoms in total. The number of nitrogens with one attached hydrogen (secondary N) is 2. The molecule has 106 valence electrons. The highest BCUT2D eigenvalue weighted by atomic mass is 79.9. The first-order valence-corrected chi connectivity index (χ1v) is 7.53. The second-order valence-electron chi connectivity index (χ2n) is 5.24. The van der Waals surface area contributed by atoms with Crippen molar-refractivity contribution in [1.82, 2.24) is 20.1 Å². The monoisotopic (exact) mass is 336 g/mol. The van der Waals surface area contributed by atoms with Gasteiger partial charge in [0, 0.05) is 28.5 Å². The van der Waals surface area contributed by atoms with E-state index in [1.165, 1.54) is 5.56 Å². The van der Waals surface area contributed by atoms with E-state index in [2.05, 4.69) is 31.1 Å². The summed E-state index contributed by atoms with van der Waals surface area (Å²) >= 11 is 3.37. The molecule has 2 N–H and O–H groups in total. The average molecular weight is 337 g/mol. The van der Waals surface area contributed by atoms with Gasteiger partial charge in [0.1, 0.15) is 5.69 Å². The molecule has 3 rings (SSSR count). The zero-order chi connectivity index (χ0) is 14.3. The van der Waals surface area contributed by atoms with Crippen LogP contribution in [0.25, 0.3) is 0 Å². The van der Waals surface area contributed by atoms with Crippen molar-refractivity contribution in [3.8, 4) is 0 Å². The van der Waals surface area contributed by atoms with Crippen molar-refractivity contribution in [2.24, 2.45) is 0 Å². The summed E-state index contributed by atoms with van der Waals surface area (Å²) in [6.45, 7) is 4.80. The summed E-state index contributed by atoms with van der Waals surface area (Å²) in [4.78, 5) is 17.6. The Bertz CT molecular complexity index is 626. The molecule has 1 aliphatic heterocycles. The van der Waals surface area contributed by atoms with Crippen LogP contribution in [-0.4, -0.2) is 32.5 Å². The van der Waals surface area contributed by atoms with E-state index < -0.39 is 0 Å². The smallest absolute Gasteiger partial charge is 0.270 e. The Balaban J connectivity index is 1.91. The Morgan fingerprint density at radius 1 is 1.50 bits per heavy atom. The highest BCUT2D eigenvalue weighted by Crippen LogP contribution is 2.35. The number of H-pyrrole nitrogens is 2. The number of aryl methyl sites for hydroxylation is 2. The van der Waals surface area contributed by atoms with Crippen molar-refractivity contribution in [3.63, 3.8) is 0 Å². The van der Waals surface area contributed by atoms with E-state index in [1.54, 1.807) is 6.20 Å². The Labute approximate surface area is 125 Å². The van der Waals surface area contributed by atoms with Crippen LogP contribution in [0.5, 0.6) is 0 Å². The van der Waals surface area contributed by atoms with Gasteiger partial charge in [-0.25, -0.2) is 0 Å². The molecule has 1 fully saturated rings. The summed E-state index contributed by atoms with van der Waals surface area (Å²) in [5, 5.41) is 7.27. The Morgan fingerprint density at radius 2 is 2.30 bits per heavy atom. The van der Waals surface area contributed by atoms with Crippen molar-refractivity contribution >= 4 is 21.8 Å². The first-order valence-electron chi connectivity index (χ1n) is 6.74. The van der Waals surface area contributed by atoms with Crippen LogP contribution in [0, 0.1) is 13.8 Å². The summed E-state index contributed by atoms with van der Waals surface area (Å²) in [5.41, 5.74) is 3.84. The Kier molecular flexibility index (Phi) is 3.41. The number of hydrogen-bond acceptors (Lipinski definition) is 2. The maximum Gasteiger partial charge on any atom is 0.270 e. The number of carbonyl (C=O) groups is 1. The van der Waals surface area contributed by atoms with Crippen LogP contribution in [0.15, 0.2) is 16.7 Å². The summed E-state index contributed by atoms with van der Waals surface area (Å²) in [6, 6.07) is 1.95. The van der Waals surface area contributed by atoms with E-state index in [0.717, 1.165) is 35.2 Å². The summed E-state index contributed by atoms with van der Waals surface area (Å²) < 4.78 is 0.896. The molecule has 0 spiro atoms. The number of amides is 1. The summed E-state index contributed by atoms with van der Waals surface area (Å²) in [5.74, 6) is 0.0539. The van der Waals surface area contributed by atoms with Gasteiger partial charge in [-0.2, -0.15) is 5.10 Å². The minimum absolute atomic E-state index is 0.0539. The fourth-order valence-electron chi connectivity index (χ4n) is 3.01. The molecule has 1 aliphatic rings. The fraction of sp³-hybridized carbons (Fsp3) is 0.429. The average Bonchev–Trinajstić information content (AvgIpc) is 3.10. The maximum absolute atomic E-state index is 12.6. The third-order valence-corrected chi connectivity index (χ3v) is 4.37. The number of aromatic nitrogens is 3. The van der Waals surface area contributed by atoms with Gasteiger partial charge >= 0.3 is 0 Å². The SMILES string of the molecule is Cc1n[nH]c(C)c1C1CCCN1C(=O)c1cc(Br)c[nH]1. The van der Waals surface area contributed by atoms with E-state index in [9.17, 15) is 4.79 Å². The third-order valence-electron chi connectivity index (χ3n) is 3.91. The minimum Gasteiger partial charge on any atom is -0.356 e. The molecule has 6 heteroatoms. The molecule has 3 heterocycles. The molecule has 0 bridgehead atoms. The lowest BCUT2D eigenvalue weighted by atomic mass is 10.0. The van der Waals surface area contributed by atoms with Crippen molar-refractivity contribution < 1.29 is 4.79 Å².